The van der Waals surface area contributed by atoms with Crippen LogP contribution in [-0.2, 0) is 4.79 Å². The summed E-state index contributed by atoms with van der Waals surface area (Å²) in [5.74, 6) is 2.13. The van der Waals surface area contributed by atoms with Gasteiger partial charge in [-0.15, -0.1) is 0 Å². The second-order valence-electron chi connectivity index (χ2n) is 8.07. The van der Waals surface area contributed by atoms with Crippen molar-refractivity contribution in [3.8, 4) is 11.5 Å². The Bertz CT molecular complexity index is 958. The zero-order chi connectivity index (χ0) is 20.6. The number of aliphatic imine (C=N–C) groups is 1. The lowest BCUT2D eigenvalue weighted by Gasteiger charge is -2.41. The van der Waals surface area contributed by atoms with Crippen LogP contribution in [0, 0.1) is 0 Å². The number of aromatic nitrogens is 1. The molecular formula is C22H25N5O3. The number of carbonyl (C=O) groups excluding carboxylic acids is 1. The normalized spacial score (nSPS) is 26.9. The van der Waals surface area contributed by atoms with Gasteiger partial charge in [-0.05, 0) is 31.2 Å². The van der Waals surface area contributed by atoms with E-state index in [1.165, 1.54) is 0 Å². The van der Waals surface area contributed by atoms with E-state index in [0.717, 1.165) is 43.2 Å². The molecule has 1 aromatic carbocycles. The van der Waals surface area contributed by atoms with E-state index >= 15 is 0 Å². The molecule has 5 rings (SSSR count). The second-order valence-corrected chi connectivity index (χ2v) is 8.07. The fraction of sp³-hybridized carbons (Fsp3) is 0.409. The number of hydrogen-bond acceptors (Lipinski definition) is 7. The molecule has 2 aromatic rings. The standard InChI is InChI=1S/C22H25N5O3/c1-22(21(28)24-20(25-22)16-5-4-8-23-13-16)15-26-9-11-27(12-10-26)19-14-29-17-6-2-3-7-18(17)30-19/h2-8,13,19H,9-12,14-15H2,1H3,(H,24,25,28). The molecule has 30 heavy (non-hydrogen) atoms. The number of para-hydroxylation sites is 2. The van der Waals surface area contributed by atoms with E-state index in [9.17, 15) is 4.79 Å². The van der Waals surface area contributed by atoms with Crippen molar-refractivity contribution >= 4 is 11.7 Å². The van der Waals surface area contributed by atoms with Crippen molar-refractivity contribution in [2.45, 2.75) is 18.7 Å². The van der Waals surface area contributed by atoms with Gasteiger partial charge in [0.2, 0.25) is 0 Å². The number of nitrogens with zero attached hydrogens (tertiary/aromatic N) is 4. The molecule has 1 fully saturated rings. The lowest BCUT2D eigenvalue weighted by Crippen LogP contribution is -2.57. The molecule has 1 aromatic heterocycles. The summed E-state index contributed by atoms with van der Waals surface area (Å²) in [5, 5.41) is 2.92. The number of nitrogens with one attached hydrogen (secondary N) is 1. The minimum atomic E-state index is -0.795. The first-order valence-electron chi connectivity index (χ1n) is 10.3. The maximum Gasteiger partial charge on any atom is 0.254 e. The first-order chi connectivity index (χ1) is 14.6. The Morgan fingerprint density at radius 2 is 1.93 bits per heavy atom. The van der Waals surface area contributed by atoms with Crippen molar-refractivity contribution in [2.24, 2.45) is 4.99 Å². The van der Waals surface area contributed by atoms with Crippen molar-refractivity contribution in [3.05, 3.63) is 54.4 Å². The number of pyridine rings is 1. The van der Waals surface area contributed by atoms with Crippen LogP contribution >= 0.6 is 0 Å². The molecular weight excluding hydrogens is 382 g/mol. The summed E-state index contributed by atoms with van der Waals surface area (Å²) in [6.07, 6.45) is 3.34. The summed E-state index contributed by atoms with van der Waals surface area (Å²) in [4.78, 5) is 26.1. The van der Waals surface area contributed by atoms with Crippen LogP contribution in [0.4, 0.5) is 0 Å². The summed E-state index contributed by atoms with van der Waals surface area (Å²) in [6.45, 7) is 6.41. The zero-order valence-corrected chi connectivity index (χ0v) is 17.0. The maximum absolute atomic E-state index is 12.7. The smallest absolute Gasteiger partial charge is 0.254 e. The third-order valence-electron chi connectivity index (χ3n) is 5.85. The zero-order valence-electron chi connectivity index (χ0n) is 17.0. The Morgan fingerprint density at radius 1 is 1.13 bits per heavy atom. The molecule has 4 heterocycles. The van der Waals surface area contributed by atoms with E-state index < -0.39 is 5.54 Å². The number of carbonyl (C=O) groups is 1. The molecule has 0 aliphatic carbocycles. The number of hydrogen-bond donors (Lipinski definition) is 1. The lowest BCUT2D eigenvalue weighted by atomic mass is 10.0. The summed E-state index contributed by atoms with van der Waals surface area (Å²) in [7, 11) is 0. The third-order valence-corrected chi connectivity index (χ3v) is 5.85. The van der Waals surface area contributed by atoms with Crippen molar-refractivity contribution in [1.29, 1.82) is 0 Å². The Labute approximate surface area is 175 Å². The highest BCUT2D eigenvalue weighted by Gasteiger charge is 2.41. The molecule has 0 radical (unpaired) electrons. The highest BCUT2D eigenvalue weighted by molar-refractivity contribution is 6.15. The first kappa shape index (κ1) is 19.0. The largest absolute Gasteiger partial charge is 0.484 e. The predicted molar refractivity (Wildman–Crippen MR) is 112 cm³/mol. The number of fused-ring (bicyclic) bond motifs is 1. The van der Waals surface area contributed by atoms with Crippen LogP contribution in [0.2, 0.25) is 0 Å². The van der Waals surface area contributed by atoms with Crippen LogP contribution in [-0.4, -0.2) is 77.6 Å². The molecule has 1 N–H and O–H groups in total. The first-order valence-corrected chi connectivity index (χ1v) is 10.3. The number of ether oxygens (including phenoxy) is 2. The van der Waals surface area contributed by atoms with Crippen LogP contribution in [0.15, 0.2) is 53.8 Å². The fourth-order valence-corrected chi connectivity index (χ4v) is 4.15. The molecule has 0 bridgehead atoms. The number of piperazine rings is 1. The third kappa shape index (κ3) is 3.64. The molecule has 8 heteroatoms. The van der Waals surface area contributed by atoms with E-state index in [1.54, 1.807) is 12.4 Å². The van der Waals surface area contributed by atoms with Crippen LogP contribution in [0.1, 0.15) is 12.5 Å². The topological polar surface area (TPSA) is 79.3 Å². The minimum Gasteiger partial charge on any atom is -0.484 e. The Hall–Kier alpha value is -2.97. The number of benzene rings is 1. The Morgan fingerprint density at radius 3 is 2.70 bits per heavy atom. The molecule has 3 aliphatic rings. The van der Waals surface area contributed by atoms with Gasteiger partial charge >= 0.3 is 0 Å². The van der Waals surface area contributed by atoms with E-state index in [1.807, 2.05) is 43.3 Å². The van der Waals surface area contributed by atoms with E-state index in [4.69, 9.17) is 14.5 Å². The Kier molecular flexibility index (Phi) is 4.88. The van der Waals surface area contributed by atoms with Crippen molar-refractivity contribution in [3.63, 3.8) is 0 Å². The molecule has 3 aliphatic heterocycles. The van der Waals surface area contributed by atoms with Gasteiger partial charge in [-0.25, -0.2) is 4.99 Å². The molecule has 8 nitrogen and oxygen atoms in total. The van der Waals surface area contributed by atoms with Crippen LogP contribution in [0.5, 0.6) is 11.5 Å². The quantitative estimate of drug-likeness (QED) is 0.819. The molecule has 1 saturated heterocycles. The van der Waals surface area contributed by atoms with Gasteiger partial charge in [0.05, 0.1) is 0 Å². The van der Waals surface area contributed by atoms with Gasteiger partial charge in [0.1, 0.15) is 12.4 Å². The predicted octanol–water partition coefficient (Wildman–Crippen LogP) is 1.13. The summed E-state index contributed by atoms with van der Waals surface area (Å²) in [6, 6.07) is 11.5. The molecule has 0 spiro atoms. The van der Waals surface area contributed by atoms with Gasteiger partial charge in [-0.1, -0.05) is 12.1 Å². The SMILES string of the molecule is CC1(CN2CCN(C3COc4ccccc4O3)CC2)N=C(c2cccnc2)NC1=O. The highest BCUT2D eigenvalue weighted by Crippen LogP contribution is 2.32. The van der Waals surface area contributed by atoms with Gasteiger partial charge in [-0.2, -0.15) is 0 Å². The lowest BCUT2D eigenvalue weighted by molar-refractivity contribution is -0.124. The monoisotopic (exact) mass is 407 g/mol. The van der Waals surface area contributed by atoms with Crippen LogP contribution in [0.3, 0.4) is 0 Å². The average Bonchev–Trinajstić information content (AvgIpc) is 3.08. The van der Waals surface area contributed by atoms with Crippen molar-refractivity contribution in [2.75, 3.05) is 39.3 Å². The highest BCUT2D eigenvalue weighted by atomic mass is 16.6. The summed E-state index contributed by atoms with van der Waals surface area (Å²) >= 11 is 0. The van der Waals surface area contributed by atoms with Crippen molar-refractivity contribution in [1.82, 2.24) is 20.1 Å². The number of amides is 1. The Balaban J connectivity index is 1.19. The molecule has 156 valence electrons. The maximum atomic E-state index is 12.7. The van der Waals surface area contributed by atoms with E-state index in [2.05, 4.69) is 20.1 Å². The van der Waals surface area contributed by atoms with E-state index in [-0.39, 0.29) is 12.1 Å². The number of rotatable bonds is 4. The van der Waals surface area contributed by atoms with Crippen LogP contribution < -0.4 is 14.8 Å². The van der Waals surface area contributed by atoms with Crippen LogP contribution in [0.25, 0.3) is 0 Å². The summed E-state index contributed by atoms with van der Waals surface area (Å²) in [5.41, 5.74) is 0.0330. The van der Waals surface area contributed by atoms with Gasteiger partial charge in [-0.3, -0.25) is 19.6 Å². The number of amidine groups is 1. The van der Waals surface area contributed by atoms with Gasteiger partial charge in [0.15, 0.2) is 23.3 Å². The summed E-state index contributed by atoms with van der Waals surface area (Å²) < 4.78 is 12.0. The fourth-order valence-electron chi connectivity index (χ4n) is 4.15. The van der Waals surface area contributed by atoms with Gasteiger partial charge < -0.3 is 14.8 Å². The molecule has 1 amide bonds. The molecule has 0 saturated carbocycles. The molecule has 2 atom stereocenters. The minimum absolute atomic E-state index is 0.0654. The van der Waals surface area contributed by atoms with Gasteiger partial charge in [0, 0.05) is 50.7 Å². The molecule has 2 unspecified atom stereocenters. The van der Waals surface area contributed by atoms with Crippen molar-refractivity contribution < 1.29 is 14.3 Å². The average molecular weight is 407 g/mol. The second kappa shape index (κ2) is 7.70. The van der Waals surface area contributed by atoms with Gasteiger partial charge in [0.25, 0.3) is 5.91 Å². The van der Waals surface area contributed by atoms with E-state index in [0.29, 0.717) is 19.0 Å².